The number of carbonyl (C=O) groups is 1. The summed E-state index contributed by atoms with van der Waals surface area (Å²) in [5.74, 6) is -2.27. The number of nitrogens with zero attached hydrogens (tertiary/aromatic N) is 4. The number of halogens is 2. The molecule has 1 saturated heterocycles. The van der Waals surface area contributed by atoms with E-state index >= 15 is 0 Å². The third-order valence-electron chi connectivity index (χ3n) is 4.75. The Hall–Kier alpha value is -3.18. The maximum atomic E-state index is 14.3. The van der Waals surface area contributed by atoms with Crippen molar-refractivity contribution >= 4 is 21.6 Å². The average molecular weight is 433 g/mol. The Morgan fingerprint density at radius 1 is 1.03 bits per heavy atom. The number of amides is 1. The molecule has 1 fully saturated rings. The van der Waals surface area contributed by atoms with Crippen LogP contribution in [0.25, 0.3) is 5.69 Å². The molecule has 0 unspecified atom stereocenters. The molecule has 4 rings (SSSR count). The first-order valence-corrected chi connectivity index (χ1v) is 10.6. The monoisotopic (exact) mass is 433 g/mol. The first kappa shape index (κ1) is 20.1. The summed E-state index contributed by atoms with van der Waals surface area (Å²) in [4.78, 5) is 15.8. The summed E-state index contributed by atoms with van der Waals surface area (Å²) in [6.07, 6.45) is 4.00. The van der Waals surface area contributed by atoms with Crippen molar-refractivity contribution in [3.8, 4) is 5.69 Å². The molecule has 2 heterocycles. The summed E-state index contributed by atoms with van der Waals surface area (Å²) < 4.78 is 56.4. The molecule has 1 aliphatic rings. The number of anilines is 1. The van der Waals surface area contributed by atoms with Gasteiger partial charge in [-0.05, 0) is 49.2 Å². The van der Waals surface area contributed by atoms with Gasteiger partial charge in [0.1, 0.15) is 29.1 Å². The molecule has 0 bridgehead atoms. The molecule has 30 heavy (non-hydrogen) atoms. The maximum Gasteiger partial charge on any atom is 0.255 e. The van der Waals surface area contributed by atoms with Crippen molar-refractivity contribution in [1.82, 2.24) is 19.1 Å². The molecule has 0 radical (unpaired) electrons. The summed E-state index contributed by atoms with van der Waals surface area (Å²) in [6.45, 7) is 0.630. The molecular weight excluding hydrogens is 416 g/mol. The Morgan fingerprint density at radius 2 is 1.80 bits per heavy atom. The van der Waals surface area contributed by atoms with E-state index in [1.807, 2.05) is 0 Å². The van der Waals surface area contributed by atoms with E-state index in [9.17, 15) is 22.0 Å². The van der Waals surface area contributed by atoms with Crippen LogP contribution in [0.2, 0.25) is 0 Å². The van der Waals surface area contributed by atoms with Crippen LogP contribution in [0.1, 0.15) is 23.2 Å². The van der Waals surface area contributed by atoms with Crippen LogP contribution < -0.4 is 5.32 Å². The lowest BCUT2D eigenvalue weighted by Crippen LogP contribution is -2.29. The van der Waals surface area contributed by atoms with Crippen molar-refractivity contribution < 1.29 is 22.0 Å². The fraction of sp³-hybridized carbons (Fsp3) is 0.211. The number of hydrogen-bond acceptors (Lipinski definition) is 5. The smallest absolute Gasteiger partial charge is 0.255 e. The quantitative estimate of drug-likeness (QED) is 0.667. The standard InChI is InChI=1S/C19H17F2N5O3S/c20-15-5-3-13(9-18(15)30(28,29)25-7-1-2-8-25)19(27)24-14-4-6-17(16(21)10-14)26-12-22-11-23-26/h3-6,9-12H,1-2,7-8H2,(H,24,27). The van der Waals surface area contributed by atoms with Crippen molar-refractivity contribution in [2.45, 2.75) is 17.7 Å². The van der Waals surface area contributed by atoms with E-state index in [1.165, 1.54) is 39.8 Å². The van der Waals surface area contributed by atoms with Crippen molar-refractivity contribution in [3.63, 3.8) is 0 Å². The van der Waals surface area contributed by atoms with Crippen molar-refractivity contribution in [1.29, 1.82) is 0 Å². The lowest BCUT2D eigenvalue weighted by molar-refractivity contribution is 0.102. The number of aromatic nitrogens is 3. The third-order valence-corrected chi connectivity index (χ3v) is 6.66. The topological polar surface area (TPSA) is 97.2 Å². The molecule has 11 heteroatoms. The summed E-state index contributed by atoms with van der Waals surface area (Å²) in [5, 5.41) is 6.33. The third kappa shape index (κ3) is 3.81. The molecule has 0 saturated carbocycles. The van der Waals surface area contributed by atoms with Crippen LogP contribution in [-0.4, -0.2) is 46.5 Å². The molecule has 0 spiro atoms. The molecule has 156 valence electrons. The highest BCUT2D eigenvalue weighted by molar-refractivity contribution is 7.89. The predicted molar refractivity (Wildman–Crippen MR) is 104 cm³/mol. The predicted octanol–water partition coefficient (Wildman–Crippen LogP) is 2.58. The number of hydrogen-bond donors (Lipinski definition) is 1. The number of sulfonamides is 1. The van der Waals surface area contributed by atoms with Gasteiger partial charge in [-0.25, -0.2) is 26.9 Å². The highest BCUT2D eigenvalue weighted by Gasteiger charge is 2.30. The fourth-order valence-electron chi connectivity index (χ4n) is 3.22. The molecule has 0 aliphatic carbocycles. The van der Waals surface area contributed by atoms with Gasteiger partial charge in [0.25, 0.3) is 5.91 Å². The largest absolute Gasteiger partial charge is 0.322 e. The number of carbonyl (C=O) groups excluding carboxylic acids is 1. The van der Waals surface area contributed by atoms with E-state index in [-0.39, 0.29) is 16.9 Å². The molecule has 1 aliphatic heterocycles. The van der Waals surface area contributed by atoms with E-state index in [4.69, 9.17) is 0 Å². The molecule has 8 nitrogen and oxygen atoms in total. The Bertz CT molecular complexity index is 1190. The first-order valence-electron chi connectivity index (χ1n) is 9.12. The van der Waals surface area contributed by atoms with Gasteiger partial charge in [-0.2, -0.15) is 9.40 Å². The highest BCUT2D eigenvalue weighted by atomic mass is 32.2. The normalized spacial score (nSPS) is 14.7. The van der Waals surface area contributed by atoms with Gasteiger partial charge in [-0.1, -0.05) is 0 Å². The van der Waals surface area contributed by atoms with E-state index in [0.717, 1.165) is 18.2 Å². The van der Waals surface area contributed by atoms with Gasteiger partial charge in [-0.15, -0.1) is 0 Å². The Balaban J connectivity index is 1.58. The van der Waals surface area contributed by atoms with Gasteiger partial charge in [0.05, 0.1) is 0 Å². The second kappa shape index (κ2) is 7.92. The van der Waals surface area contributed by atoms with Gasteiger partial charge < -0.3 is 5.32 Å². The SMILES string of the molecule is O=C(Nc1ccc(-n2cncn2)c(F)c1)c1ccc(F)c(S(=O)(=O)N2CCCC2)c1. The van der Waals surface area contributed by atoms with Crippen LogP contribution in [0.5, 0.6) is 0 Å². The fourth-order valence-corrected chi connectivity index (χ4v) is 4.82. The van der Waals surface area contributed by atoms with E-state index in [0.29, 0.717) is 25.9 Å². The summed E-state index contributed by atoms with van der Waals surface area (Å²) in [5.41, 5.74) is 0.232. The summed E-state index contributed by atoms with van der Waals surface area (Å²) in [6, 6.07) is 7.08. The minimum atomic E-state index is -4.03. The second-order valence-electron chi connectivity index (χ2n) is 6.72. The van der Waals surface area contributed by atoms with Crippen LogP contribution in [0.3, 0.4) is 0 Å². The summed E-state index contributed by atoms with van der Waals surface area (Å²) in [7, 11) is -4.03. The summed E-state index contributed by atoms with van der Waals surface area (Å²) >= 11 is 0. The zero-order chi connectivity index (χ0) is 21.3. The Kier molecular flexibility index (Phi) is 5.31. The number of nitrogens with one attached hydrogen (secondary N) is 1. The number of rotatable bonds is 5. The molecule has 2 aromatic carbocycles. The Labute approximate surface area is 171 Å². The van der Waals surface area contributed by atoms with Crippen LogP contribution in [0, 0.1) is 11.6 Å². The second-order valence-corrected chi connectivity index (χ2v) is 8.62. The van der Waals surface area contributed by atoms with Crippen LogP contribution >= 0.6 is 0 Å². The number of benzene rings is 2. The van der Waals surface area contributed by atoms with E-state index in [2.05, 4.69) is 15.4 Å². The lowest BCUT2D eigenvalue weighted by Gasteiger charge is -2.16. The molecule has 1 aromatic heterocycles. The minimum absolute atomic E-state index is 0.0602. The molecule has 1 N–H and O–H groups in total. The zero-order valence-corrected chi connectivity index (χ0v) is 16.4. The zero-order valence-electron chi connectivity index (χ0n) is 15.6. The van der Waals surface area contributed by atoms with Crippen molar-refractivity contribution in [2.24, 2.45) is 0 Å². The average Bonchev–Trinajstić information content (AvgIpc) is 3.43. The van der Waals surface area contributed by atoms with E-state index < -0.39 is 32.5 Å². The maximum absolute atomic E-state index is 14.3. The van der Waals surface area contributed by atoms with Crippen molar-refractivity contribution in [2.75, 3.05) is 18.4 Å². The van der Waals surface area contributed by atoms with Gasteiger partial charge in [0.15, 0.2) is 5.82 Å². The van der Waals surface area contributed by atoms with Crippen molar-refractivity contribution in [3.05, 3.63) is 66.3 Å². The van der Waals surface area contributed by atoms with Gasteiger partial charge in [0.2, 0.25) is 10.0 Å². The first-order chi connectivity index (χ1) is 14.4. The lowest BCUT2D eigenvalue weighted by atomic mass is 10.2. The Morgan fingerprint density at radius 3 is 2.47 bits per heavy atom. The van der Waals surface area contributed by atoms with Gasteiger partial charge in [-0.3, -0.25) is 4.79 Å². The van der Waals surface area contributed by atoms with Crippen LogP contribution in [0.15, 0.2) is 53.9 Å². The molecular formula is C19H17F2N5O3S. The van der Waals surface area contributed by atoms with Crippen LogP contribution in [0.4, 0.5) is 14.5 Å². The highest BCUT2D eigenvalue weighted by Crippen LogP contribution is 2.25. The van der Waals surface area contributed by atoms with Gasteiger partial charge in [0, 0.05) is 24.3 Å². The van der Waals surface area contributed by atoms with Gasteiger partial charge >= 0.3 is 0 Å². The van der Waals surface area contributed by atoms with Crippen LogP contribution in [-0.2, 0) is 10.0 Å². The van der Waals surface area contributed by atoms with E-state index in [1.54, 1.807) is 0 Å². The molecule has 3 aromatic rings. The minimum Gasteiger partial charge on any atom is -0.322 e. The molecule has 1 amide bonds. The molecule has 0 atom stereocenters.